The van der Waals surface area contributed by atoms with E-state index in [2.05, 4.69) is 16.3 Å². The lowest BCUT2D eigenvalue weighted by molar-refractivity contribution is -0.121. The Kier molecular flexibility index (Phi) is 4.50. The molecule has 0 spiro atoms. The molecule has 1 N–H and O–H groups in total. The van der Waals surface area contributed by atoms with Crippen molar-refractivity contribution in [3.63, 3.8) is 0 Å². The minimum Gasteiger partial charge on any atom is -0.352 e. The van der Waals surface area contributed by atoms with E-state index in [1.54, 1.807) is 6.92 Å². The van der Waals surface area contributed by atoms with Crippen molar-refractivity contribution in [2.45, 2.75) is 57.0 Å². The number of hydrogen-bond donors (Lipinski definition) is 1. The van der Waals surface area contributed by atoms with Gasteiger partial charge in [-0.05, 0) is 37.3 Å². The second kappa shape index (κ2) is 6.79. The molecular weight excluding hydrogens is 314 g/mol. The Morgan fingerprint density at radius 1 is 1.16 bits per heavy atom. The smallest absolute Gasteiger partial charge is 0.223 e. The number of carbonyl (C=O) groups is 2. The van der Waals surface area contributed by atoms with Gasteiger partial charge in [0.2, 0.25) is 11.8 Å². The highest BCUT2D eigenvalue weighted by molar-refractivity contribution is 5.94. The molecule has 1 saturated carbocycles. The van der Waals surface area contributed by atoms with Gasteiger partial charge < -0.3 is 10.2 Å². The summed E-state index contributed by atoms with van der Waals surface area (Å²) in [5.74, 6) is 0.490. The third kappa shape index (κ3) is 3.56. The van der Waals surface area contributed by atoms with Gasteiger partial charge in [0.15, 0.2) is 0 Å². The first kappa shape index (κ1) is 16.6. The number of likely N-dealkylation sites (tertiary alicyclic amines) is 1. The number of hydrogen-bond acceptors (Lipinski definition) is 3. The summed E-state index contributed by atoms with van der Waals surface area (Å²) in [5, 5.41) is 3.21. The quantitative estimate of drug-likeness (QED) is 0.894. The van der Waals surface area contributed by atoms with Crippen molar-refractivity contribution in [3.05, 3.63) is 29.8 Å². The lowest BCUT2D eigenvalue weighted by Crippen LogP contribution is -2.37. The van der Waals surface area contributed by atoms with Gasteiger partial charge in [-0.3, -0.25) is 14.5 Å². The van der Waals surface area contributed by atoms with Gasteiger partial charge in [0.25, 0.3) is 0 Å². The van der Waals surface area contributed by atoms with Gasteiger partial charge in [-0.2, -0.15) is 0 Å². The molecule has 134 valence electrons. The highest BCUT2D eigenvalue weighted by Crippen LogP contribution is 2.38. The van der Waals surface area contributed by atoms with Crippen molar-refractivity contribution < 1.29 is 9.59 Å². The van der Waals surface area contributed by atoms with Crippen LogP contribution in [-0.2, 0) is 9.59 Å². The molecule has 0 bridgehead atoms. The van der Waals surface area contributed by atoms with Crippen molar-refractivity contribution in [1.29, 1.82) is 0 Å². The zero-order chi connectivity index (χ0) is 17.4. The number of amides is 2. The second-order valence-electron chi connectivity index (χ2n) is 7.70. The zero-order valence-electron chi connectivity index (χ0n) is 14.9. The molecular formula is C20H27N3O2. The van der Waals surface area contributed by atoms with Gasteiger partial charge in [0, 0.05) is 56.7 Å². The molecule has 2 aliphatic heterocycles. The van der Waals surface area contributed by atoms with Crippen molar-refractivity contribution in [2.75, 3.05) is 24.5 Å². The number of nitrogens with one attached hydrogen (secondary N) is 1. The van der Waals surface area contributed by atoms with Gasteiger partial charge in [-0.15, -0.1) is 0 Å². The molecule has 1 aromatic rings. The maximum absolute atomic E-state index is 12.4. The molecule has 0 unspecified atom stereocenters. The summed E-state index contributed by atoms with van der Waals surface area (Å²) in [6, 6.07) is 9.18. The predicted molar refractivity (Wildman–Crippen MR) is 97.6 cm³/mol. The van der Waals surface area contributed by atoms with Gasteiger partial charge in [0.05, 0.1) is 0 Å². The highest BCUT2D eigenvalue weighted by atomic mass is 16.2. The van der Waals surface area contributed by atoms with Crippen LogP contribution >= 0.6 is 0 Å². The molecule has 3 aliphatic rings. The summed E-state index contributed by atoms with van der Waals surface area (Å²) < 4.78 is 0. The van der Waals surface area contributed by atoms with Gasteiger partial charge >= 0.3 is 0 Å². The SMILES string of the molecule is CC(=O)N1C[C@@H](CCC(=O)N[C@@H]2CCN(C3CC3)C2)c2ccccc21. The van der Waals surface area contributed by atoms with Crippen LogP contribution in [0.2, 0.25) is 0 Å². The summed E-state index contributed by atoms with van der Waals surface area (Å²) in [5.41, 5.74) is 2.21. The first-order valence-corrected chi connectivity index (χ1v) is 9.52. The van der Waals surface area contributed by atoms with Crippen LogP contribution in [0.25, 0.3) is 0 Å². The average Bonchev–Trinajstić information content (AvgIpc) is 3.23. The zero-order valence-corrected chi connectivity index (χ0v) is 14.9. The van der Waals surface area contributed by atoms with Gasteiger partial charge in [0.1, 0.15) is 0 Å². The molecule has 5 heteroatoms. The number of carbonyl (C=O) groups excluding carboxylic acids is 2. The van der Waals surface area contributed by atoms with Crippen LogP contribution < -0.4 is 10.2 Å². The first-order chi connectivity index (χ1) is 12.1. The Hall–Kier alpha value is -1.88. The Labute approximate surface area is 149 Å². The number of benzene rings is 1. The molecule has 0 radical (unpaired) electrons. The van der Waals surface area contributed by atoms with Crippen LogP contribution in [0.5, 0.6) is 0 Å². The lowest BCUT2D eigenvalue weighted by Gasteiger charge is -2.17. The average molecular weight is 341 g/mol. The summed E-state index contributed by atoms with van der Waals surface area (Å²) >= 11 is 0. The van der Waals surface area contributed by atoms with E-state index in [0.717, 1.165) is 37.7 Å². The fraction of sp³-hybridized carbons (Fsp3) is 0.600. The van der Waals surface area contributed by atoms with Crippen LogP contribution in [0.4, 0.5) is 5.69 Å². The van der Waals surface area contributed by atoms with Crippen LogP contribution in [0.15, 0.2) is 24.3 Å². The minimum atomic E-state index is 0.0746. The van der Waals surface area contributed by atoms with E-state index >= 15 is 0 Å². The molecule has 2 fully saturated rings. The predicted octanol–water partition coefficient (Wildman–Crippen LogP) is 2.27. The molecule has 1 saturated heterocycles. The van der Waals surface area contributed by atoms with Gasteiger partial charge in [-0.1, -0.05) is 18.2 Å². The van der Waals surface area contributed by atoms with E-state index in [-0.39, 0.29) is 17.7 Å². The Balaban J connectivity index is 1.29. The van der Waals surface area contributed by atoms with Crippen molar-refractivity contribution in [1.82, 2.24) is 10.2 Å². The summed E-state index contributed by atoms with van der Waals surface area (Å²) in [4.78, 5) is 28.6. The van der Waals surface area contributed by atoms with E-state index in [1.165, 1.54) is 18.4 Å². The molecule has 1 aliphatic carbocycles. The van der Waals surface area contributed by atoms with Crippen LogP contribution in [-0.4, -0.2) is 48.4 Å². The minimum absolute atomic E-state index is 0.0746. The van der Waals surface area contributed by atoms with E-state index in [1.807, 2.05) is 23.1 Å². The van der Waals surface area contributed by atoms with E-state index < -0.39 is 0 Å². The highest BCUT2D eigenvalue weighted by Gasteiger charge is 2.35. The monoisotopic (exact) mass is 341 g/mol. The normalized spacial score (nSPS) is 25.9. The van der Waals surface area contributed by atoms with Crippen LogP contribution in [0.1, 0.15) is 50.5 Å². The maximum Gasteiger partial charge on any atom is 0.223 e. The van der Waals surface area contributed by atoms with Crippen LogP contribution in [0, 0.1) is 0 Å². The fourth-order valence-corrected chi connectivity index (χ4v) is 4.32. The van der Waals surface area contributed by atoms with E-state index in [0.29, 0.717) is 19.0 Å². The Bertz CT molecular complexity index is 671. The number of fused-ring (bicyclic) bond motifs is 1. The topological polar surface area (TPSA) is 52.7 Å². The van der Waals surface area contributed by atoms with Crippen molar-refractivity contribution >= 4 is 17.5 Å². The molecule has 2 atom stereocenters. The number of nitrogens with zero attached hydrogens (tertiary/aromatic N) is 2. The fourth-order valence-electron chi connectivity index (χ4n) is 4.32. The summed E-state index contributed by atoms with van der Waals surface area (Å²) in [7, 11) is 0. The molecule has 0 aromatic heterocycles. The van der Waals surface area contributed by atoms with E-state index in [4.69, 9.17) is 0 Å². The third-order valence-corrected chi connectivity index (χ3v) is 5.82. The van der Waals surface area contributed by atoms with Crippen LogP contribution in [0.3, 0.4) is 0 Å². The van der Waals surface area contributed by atoms with E-state index in [9.17, 15) is 9.59 Å². The summed E-state index contributed by atoms with van der Waals surface area (Å²) in [6.07, 6.45) is 5.06. The molecule has 25 heavy (non-hydrogen) atoms. The number of anilines is 1. The lowest BCUT2D eigenvalue weighted by atomic mass is 9.96. The van der Waals surface area contributed by atoms with Crippen molar-refractivity contribution in [3.8, 4) is 0 Å². The Morgan fingerprint density at radius 3 is 2.72 bits per heavy atom. The first-order valence-electron chi connectivity index (χ1n) is 9.52. The largest absolute Gasteiger partial charge is 0.352 e. The standard InChI is InChI=1S/C20H27N3O2/c1-14(24)23-12-15(18-4-2-3-5-19(18)23)6-9-20(25)21-16-10-11-22(13-16)17-7-8-17/h2-5,15-17H,6-13H2,1H3,(H,21,25)/t15-,16-/m1/s1. The van der Waals surface area contributed by atoms with Gasteiger partial charge in [-0.25, -0.2) is 0 Å². The van der Waals surface area contributed by atoms with Crippen molar-refractivity contribution in [2.24, 2.45) is 0 Å². The second-order valence-corrected chi connectivity index (χ2v) is 7.70. The maximum atomic E-state index is 12.4. The Morgan fingerprint density at radius 2 is 1.96 bits per heavy atom. The summed E-state index contributed by atoms with van der Waals surface area (Å²) in [6.45, 7) is 4.44. The number of para-hydroxylation sites is 1. The molecule has 2 heterocycles. The molecule has 4 rings (SSSR count). The molecule has 5 nitrogen and oxygen atoms in total. The third-order valence-electron chi connectivity index (χ3n) is 5.82. The number of rotatable bonds is 5. The molecule has 1 aromatic carbocycles. The molecule has 2 amide bonds.